The van der Waals surface area contributed by atoms with Gasteiger partial charge in [-0.3, -0.25) is 5.43 Å². The van der Waals surface area contributed by atoms with Crippen molar-refractivity contribution < 1.29 is 0 Å². The maximum Gasteiger partial charge on any atom is 0.191 e. The fourth-order valence-electron chi connectivity index (χ4n) is 10.2. The largest absolute Gasteiger partial charge is 0.331 e. The molecule has 0 aromatic heterocycles. The molecule has 4 saturated carbocycles. The highest BCUT2D eigenvalue weighted by atomic mass is 32.1. The summed E-state index contributed by atoms with van der Waals surface area (Å²) in [6, 6.07) is 8.41. The van der Waals surface area contributed by atoms with Crippen molar-refractivity contribution in [1.82, 2.24) is 5.43 Å². The Morgan fingerprint density at radius 1 is 0.949 bits per heavy atom. The maximum absolute atomic E-state index is 5.68. The summed E-state index contributed by atoms with van der Waals surface area (Å²) in [4.78, 5) is 0. The Balaban J connectivity index is 1.33. The van der Waals surface area contributed by atoms with E-state index in [1.54, 1.807) is 0 Å². The third-order valence-corrected chi connectivity index (χ3v) is 12.4. The van der Waals surface area contributed by atoms with E-state index in [0.717, 1.165) is 41.2 Å². The van der Waals surface area contributed by atoms with E-state index in [1.165, 1.54) is 88.3 Å². The molecule has 4 heteroatoms. The topological polar surface area (TPSA) is 36.4 Å². The zero-order valence-corrected chi connectivity index (χ0v) is 26.5. The Morgan fingerprint density at radius 3 is 2.44 bits per heavy atom. The van der Waals surface area contributed by atoms with Crippen LogP contribution in [0.3, 0.4) is 0 Å². The molecular formula is C35H55N3S. The summed E-state index contributed by atoms with van der Waals surface area (Å²) in [6.07, 6.45) is 16.6. The minimum atomic E-state index is 0.399. The van der Waals surface area contributed by atoms with E-state index in [-0.39, 0.29) is 0 Å². The van der Waals surface area contributed by atoms with Crippen LogP contribution in [0.25, 0.3) is 0 Å². The van der Waals surface area contributed by atoms with E-state index in [1.807, 2.05) is 0 Å². The standard InChI is InChI=1S/C35H55N3S/c1-23(2)10-9-11-25(4)28-17-18-29-27-22-32(37-38-33(39)36-26-15-13-24(3)14-16-26)31-12-7-8-20-34(31,5)30(27)19-21-35(28,29)6/h13-16,23,25,27-31H,7-12,17-22H2,1-6H3,(H2,36,38,39)/b37-32+/t25-,27+,28-,29+,30+,31-,34-,35-/m1/s1. The van der Waals surface area contributed by atoms with E-state index >= 15 is 0 Å². The Hall–Kier alpha value is -1.42. The molecule has 0 aliphatic heterocycles. The van der Waals surface area contributed by atoms with Crippen LogP contribution >= 0.6 is 12.2 Å². The molecule has 4 aliphatic rings. The van der Waals surface area contributed by atoms with Crippen molar-refractivity contribution in [2.24, 2.45) is 57.4 Å². The van der Waals surface area contributed by atoms with Gasteiger partial charge in [0.25, 0.3) is 0 Å². The molecule has 0 spiro atoms. The van der Waals surface area contributed by atoms with Gasteiger partial charge in [-0.15, -0.1) is 0 Å². The Bertz CT molecular complexity index is 1030. The SMILES string of the molecule is Cc1ccc(NC(=S)N/N=C2\C[C@@H]3[C@H](CC[C@]4(C)[C@@H]([C@H](C)CCCC(C)C)CC[C@@H]34)[C@@]3(C)CCCC[C@H]23)cc1. The molecule has 4 fully saturated rings. The summed E-state index contributed by atoms with van der Waals surface area (Å²) in [6.45, 7) is 14.8. The van der Waals surface area contributed by atoms with Crippen molar-refractivity contribution in [3.8, 4) is 0 Å². The molecule has 0 unspecified atom stereocenters. The van der Waals surface area contributed by atoms with E-state index in [0.29, 0.717) is 21.9 Å². The third-order valence-electron chi connectivity index (χ3n) is 12.2. The number of hydrogen-bond acceptors (Lipinski definition) is 2. The number of nitrogens with zero attached hydrogens (tertiary/aromatic N) is 1. The van der Waals surface area contributed by atoms with Crippen LogP contribution in [-0.2, 0) is 0 Å². The van der Waals surface area contributed by atoms with Gasteiger partial charge in [-0.1, -0.05) is 84.4 Å². The van der Waals surface area contributed by atoms with Crippen LogP contribution in [0.5, 0.6) is 0 Å². The number of benzene rings is 1. The molecule has 0 radical (unpaired) electrons. The Labute approximate surface area is 244 Å². The van der Waals surface area contributed by atoms with Gasteiger partial charge in [-0.2, -0.15) is 5.10 Å². The van der Waals surface area contributed by atoms with E-state index in [9.17, 15) is 0 Å². The van der Waals surface area contributed by atoms with Crippen LogP contribution in [0.15, 0.2) is 29.4 Å². The van der Waals surface area contributed by atoms with Gasteiger partial charge >= 0.3 is 0 Å². The van der Waals surface area contributed by atoms with Crippen molar-refractivity contribution in [3.63, 3.8) is 0 Å². The minimum Gasteiger partial charge on any atom is -0.331 e. The number of fused-ring (bicyclic) bond motifs is 5. The zero-order valence-electron chi connectivity index (χ0n) is 25.7. The minimum absolute atomic E-state index is 0.399. The van der Waals surface area contributed by atoms with Gasteiger partial charge in [0.15, 0.2) is 5.11 Å². The second kappa shape index (κ2) is 11.8. The van der Waals surface area contributed by atoms with Gasteiger partial charge < -0.3 is 5.32 Å². The summed E-state index contributed by atoms with van der Waals surface area (Å²) in [5.74, 6) is 5.71. The van der Waals surface area contributed by atoms with Crippen molar-refractivity contribution in [2.45, 2.75) is 119 Å². The predicted molar refractivity (Wildman–Crippen MR) is 171 cm³/mol. The van der Waals surface area contributed by atoms with Crippen LogP contribution in [0, 0.1) is 59.2 Å². The highest BCUT2D eigenvalue weighted by Crippen LogP contribution is 2.68. The molecule has 1 aromatic rings. The second-order valence-corrected chi connectivity index (χ2v) is 15.4. The molecule has 4 aliphatic carbocycles. The highest BCUT2D eigenvalue weighted by molar-refractivity contribution is 7.80. The first kappa shape index (κ1) is 29.1. The zero-order chi connectivity index (χ0) is 27.8. The van der Waals surface area contributed by atoms with E-state index in [4.69, 9.17) is 17.3 Å². The molecule has 0 heterocycles. The molecule has 216 valence electrons. The number of rotatable bonds is 7. The van der Waals surface area contributed by atoms with Gasteiger partial charge in [-0.25, -0.2) is 0 Å². The predicted octanol–water partition coefficient (Wildman–Crippen LogP) is 9.76. The maximum atomic E-state index is 5.68. The smallest absolute Gasteiger partial charge is 0.191 e. The lowest BCUT2D eigenvalue weighted by Gasteiger charge is -2.61. The second-order valence-electron chi connectivity index (χ2n) is 15.0. The summed E-state index contributed by atoms with van der Waals surface area (Å²) in [7, 11) is 0. The summed E-state index contributed by atoms with van der Waals surface area (Å²) in [5, 5.41) is 9.08. The molecular weight excluding hydrogens is 494 g/mol. The molecule has 39 heavy (non-hydrogen) atoms. The third kappa shape index (κ3) is 5.84. The lowest BCUT2D eigenvalue weighted by Crippen LogP contribution is -2.56. The summed E-state index contributed by atoms with van der Waals surface area (Å²) in [5.41, 5.74) is 7.90. The van der Waals surface area contributed by atoms with Gasteiger partial charge in [0, 0.05) is 17.3 Å². The first-order valence-corrected chi connectivity index (χ1v) is 16.7. The lowest BCUT2D eigenvalue weighted by molar-refractivity contribution is -0.0798. The van der Waals surface area contributed by atoms with E-state index < -0.39 is 0 Å². The fourth-order valence-corrected chi connectivity index (χ4v) is 10.4. The van der Waals surface area contributed by atoms with Gasteiger partial charge in [0.05, 0.1) is 0 Å². The van der Waals surface area contributed by atoms with E-state index in [2.05, 4.69) is 76.6 Å². The van der Waals surface area contributed by atoms with Crippen LogP contribution in [0.4, 0.5) is 5.69 Å². The Kier molecular flexibility index (Phi) is 8.82. The van der Waals surface area contributed by atoms with Gasteiger partial charge in [0.1, 0.15) is 0 Å². The van der Waals surface area contributed by atoms with Crippen LogP contribution in [0.1, 0.15) is 117 Å². The number of nitrogens with one attached hydrogen (secondary N) is 2. The average molecular weight is 550 g/mol. The van der Waals surface area contributed by atoms with Crippen molar-refractivity contribution in [1.29, 1.82) is 0 Å². The molecule has 5 rings (SSSR count). The van der Waals surface area contributed by atoms with Crippen molar-refractivity contribution in [3.05, 3.63) is 29.8 Å². The monoisotopic (exact) mass is 549 g/mol. The molecule has 8 atom stereocenters. The van der Waals surface area contributed by atoms with Crippen molar-refractivity contribution >= 4 is 28.7 Å². The molecule has 0 bridgehead atoms. The molecule has 2 N–H and O–H groups in total. The molecule has 0 amide bonds. The molecule has 0 saturated heterocycles. The molecule has 3 nitrogen and oxygen atoms in total. The number of hydrogen-bond donors (Lipinski definition) is 2. The molecule has 1 aromatic carbocycles. The first-order valence-electron chi connectivity index (χ1n) is 16.3. The number of aryl methyl sites for hydroxylation is 1. The normalized spacial score (nSPS) is 37.6. The number of anilines is 1. The van der Waals surface area contributed by atoms with Crippen LogP contribution in [0.2, 0.25) is 0 Å². The van der Waals surface area contributed by atoms with Gasteiger partial charge in [0.2, 0.25) is 0 Å². The van der Waals surface area contributed by atoms with Gasteiger partial charge in [-0.05, 0) is 123 Å². The number of thiocarbonyl (C=S) groups is 1. The van der Waals surface area contributed by atoms with Crippen LogP contribution < -0.4 is 10.7 Å². The Morgan fingerprint density at radius 2 is 1.69 bits per heavy atom. The van der Waals surface area contributed by atoms with Crippen molar-refractivity contribution in [2.75, 3.05) is 5.32 Å². The lowest BCUT2D eigenvalue weighted by atomic mass is 9.44. The highest BCUT2D eigenvalue weighted by Gasteiger charge is 2.61. The quantitative estimate of drug-likeness (QED) is 0.262. The summed E-state index contributed by atoms with van der Waals surface area (Å²) < 4.78 is 0. The average Bonchev–Trinajstić information content (AvgIpc) is 3.25. The summed E-state index contributed by atoms with van der Waals surface area (Å²) >= 11 is 5.68. The van der Waals surface area contributed by atoms with Crippen LogP contribution in [-0.4, -0.2) is 10.8 Å². The number of hydrazone groups is 1. The fraction of sp³-hybridized carbons (Fsp3) is 0.771. The first-order chi connectivity index (χ1) is 18.6.